The molecular weight excluding hydrogens is 452 g/mol. The van der Waals surface area contributed by atoms with Gasteiger partial charge in [0.2, 0.25) is 5.78 Å². The molecule has 0 bridgehead atoms. The van der Waals surface area contributed by atoms with Gasteiger partial charge < -0.3 is 14.5 Å². The highest BCUT2D eigenvalue weighted by atomic mass is 35.5. The zero-order valence-electron chi connectivity index (χ0n) is 20.1. The molecule has 1 aliphatic rings. The third kappa shape index (κ3) is 5.86. The predicted molar refractivity (Wildman–Crippen MR) is 133 cm³/mol. The van der Waals surface area contributed by atoms with Crippen molar-refractivity contribution in [3.8, 4) is 5.75 Å². The minimum atomic E-state index is -1.10. The number of hydrogen-bond acceptors (Lipinski definition) is 5. The normalized spacial score (nSPS) is 18.1. The summed E-state index contributed by atoms with van der Waals surface area (Å²) >= 11 is 5.98. The number of nitrogens with zero attached hydrogens (tertiary/aromatic N) is 2. The van der Waals surface area contributed by atoms with Crippen LogP contribution >= 0.6 is 11.6 Å². The number of halogens is 1. The first kappa shape index (κ1) is 25.9. The Morgan fingerprint density at radius 3 is 2.24 bits per heavy atom. The van der Waals surface area contributed by atoms with E-state index in [0.717, 1.165) is 37.2 Å². The maximum absolute atomic E-state index is 13.5. The molecule has 0 aliphatic carbocycles. The second-order valence-corrected chi connectivity index (χ2v) is 8.89. The third-order valence-electron chi connectivity index (χ3n) is 6.36. The lowest BCUT2D eigenvalue weighted by molar-refractivity contribution is -0.140. The van der Waals surface area contributed by atoms with Crippen molar-refractivity contribution < 1.29 is 19.1 Å². The van der Waals surface area contributed by atoms with Gasteiger partial charge in [-0.1, -0.05) is 50.9 Å². The maximum Gasteiger partial charge on any atom is 0.291 e. The van der Waals surface area contributed by atoms with Crippen LogP contribution in [0.25, 0.3) is 0 Å². The van der Waals surface area contributed by atoms with E-state index < -0.39 is 23.7 Å². The molecule has 0 radical (unpaired) electrons. The highest BCUT2D eigenvalue weighted by Gasteiger charge is 2.51. The average Bonchev–Trinajstić information content (AvgIpc) is 3.10. The van der Waals surface area contributed by atoms with E-state index in [1.54, 1.807) is 29.2 Å². The maximum atomic E-state index is 13.5. The number of ketones is 2. The van der Waals surface area contributed by atoms with Gasteiger partial charge in [-0.25, -0.2) is 0 Å². The number of likely N-dealkylation sites (tertiary alicyclic amines) is 1. The SMILES string of the molecule is CCCCOc1ccc(C2C(C(=O)c3ccc(Cl)cc3)C(=O)C(=O)N2CCN(CC)CC)cc1. The van der Waals surface area contributed by atoms with Gasteiger partial charge in [0.25, 0.3) is 5.91 Å². The van der Waals surface area contributed by atoms with Crippen LogP contribution in [-0.4, -0.2) is 60.1 Å². The van der Waals surface area contributed by atoms with Crippen molar-refractivity contribution in [2.45, 2.75) is 39.7 Å². The van der Waals surface area contributed by atoms with E-state index in [1.807, 2.05) is 24.3 Å². The molecule has 0 spiro atoms. The number of hydrogen-bond donors (Lipinski definition) is 0. The third-order valence-corrected chi connectivity index (χ3v) is 6.61. The van der Waals surface area contributed by atoms with Crippen LogP contribution in [0.2, 0.25) is 5.02 Å². The molecule has 1 amide bonds. The molecule has 34 heavy (non-hydrogen) atoms. The minimum Gasteiger partial charge on any atom is -0.494 e. The summed E-state index contributed by atoms with van der Waals surface area (Å²) in [5.41, 5.74) is 1.11. The summed E-state index contributed by atoms with van der Waals surface area (Å²) in [6, 6.07) is 13.1. The summed E-state index contributed by atoms with van der Waals surface area (Å²) in [7, 11) is 0. The minimum absolute atomic E-state index is 0.366. The molecule has 1 heterocycles. The summed E-state index contributed by atoms with van der Waals surface area (Å²) < 4.78 is 5.76. The van der Waals surface area contributed by atoms with Crippen LogP contribution in [0.4, 0.5) is 0 Å². The molecule has 182 valence electrons. The monoisotopic (exact) mass is 484 g/mol. The van der Waals surface area contributed by atoms with Gasteiger partial charge in [0.05, 0.1) is 12.6 Å². The van der Waals surface area contributed by atoms with Gasteiger partial charge in [0, 0.05) is 23.7 Å². The van der Waals surface area contributed by atoms with E-state index in [0.29, 0.717) is 30.3 Å². The van der Waals surface area contributed by atoms with Crippen molar-refractivity contribution in [1.29, 1.82) is 0 Å². The first-order chi connectivity index (χ1) is 16.4. The van der Waals surface area contributed by atoms with Crippen LogP contribution in [-0.2, 0) is 9.59 Å². The van der Waals surface area contributed by atoms with Crippen molar-refractivity contribution in [2.75, 3.05) is 32.8 Å². The zero-order chi connectivity index (χ0) is 24.7. The predicted octanol–water partition coefficient (Wildman–Crippen LogP) is 4.81. The van der Waals surface area contributed by atoms with Crippen LogP contribution in [0.3, 0.4) is 0 Å². The second-order valence-electron chi connectivity index (χ2n) is 8.45. The fourth-order valence-electron chi connectivity index (χ4n) is 4.28. The average molecular weight is 485 g/mol. The van der Waals surface area contributed by atoms with Gasteiger partial charge in [-0.2, -0.15) is 0 Å². The van der Waals surface area contributed by atoms with Gasteiger partial charge in [0.1, 0.15) is 11.7 Å². The van der Waals surface area contributed by atoms with Gasteiger partial charge >= 0.3 is 0 Å². The molecule has 2 aromatic rings. The van der Waals surface area contributed by atoms with E-state index in [9.17, 15) is 14.4 Å². The van der Waals surface area contributed by atoms with Crippen LogP contribution in [0, 0.1) is 5.92 Å². The molecule has 2 atom stereocenters. The molecule has 0 saturated carbocycles. The van der Waals surface area contributed by atoms with Gasteiger partial charge in [-0.15, -0.1) is 0 Å². The van der Waals surface area contributed by atoms with E-state index in [2.05, 4.69) is 25.7 Å². The number of carbonyl (C=O) groups excluding carboxylic acids is 3. The lowest BCUT2D eigenvalue weighted by atomic mass is 9.86. The van der Waals surface area contributed by atoms with Gasteiger partial charge in [-0.05, 0) is 61.5 Å². The Balaban J connectivity index is 1.94. The van der Waals surface area contributed by atoms with Crippen molar-refractivity contribution in [3.05, 3.63) is 64.7 Å². The number of ether oxygens (including phenoxy) is 1. The van der Waals surface area contributed by atoms with Gasteiger partial charge in [0.15, 0.2) is 5.78 Å². The summed E-state index contributed by atoms with van der Waals surface area (Å²) in [5, 5.41) is 0.501. The van der Waals surface area contributed by atoms with Crippen LogP contribution < -0.4 is 4.74 Å². The smallest absolute Gasteiger partial charge is 0.291 e. The molecule has 6 nitrogen and oxygen atoms in total. The molecule has 0 N–H and O–H groups in total. The zero-order valence-corrected chi connectivity index (χ0v) is 20.9. The first-order valence-electron chi connectivity index (χ1n) is 12.0. The van der Waals surface area contributed by atoms with Crippen LogP contribution in [0.5, 0.6) is 5.75 Å². The number of amides is 1. The number of rotatable bonds is 12. The lowest BCUT2D eigenvalue weighted by Crippen LogP contribution is -2.38. The van der Waals surface area contributed by atoms with Crippen molar-refractivity contribution in [3.63, 3.8) is 0 Å². The molecule has 2 unspecified atom stereocenters. The van der Waals surface area contributed by atoms with Crippen molar-refractivity contribution in [1.82, 2.24) is 9.80 Å². The Hall–Kier alpha value is -2.70. The molecule has 3 rings (SSSR count). The molecule has 1 fully saturated rings. The highest BCUT2D eigenvalue weighted by Crippen LogP contribution is 2.38. The quantitative estimate of drug-likeness (QED) is 0.187. The fourth-order valence-corrected chi connectivity index (χ4v) is 4.40. The standard InChI is InChI=1S/C27H33ClN2O4/c1-4-7-18-34-22-14-10-19(11-15-22)24-23(25(31)20-8-12-21(28)13-9-20)26(32)27(33)30(24)17-16-29(5-2)6-3/h8-15,23-24H,4-7,16-18H2,1-3H3. The number of unbranched alkanes of at least 4 members (excludes halogenated alkanes) is 1. The second kappa shape index (κ2) is 12.1. The summed E-state index contributed by atoms with van der Waals surface area (Å²) in [6.07, 6.45) is 2.00. The van der Waals surface area contributed by atoms with Crippen molar-refractivity contribution in [2.24, 2.45) is 5.92 Å². The lowest BCUT2D eigenvalue weighted by Gasteiger charge is -2.29. The largest absolute Gasteiger partial charge is 0.494 e. The molecule has 0 aromatic heterocycles. The Morgan fingerprint density at radius 2 is 1.65 bits per heavy atom. The Kier molecular flexibility index (Phi) is 9.25. The molecule has 2 aromatic carbocycles. The molecule has 7 heteroatoms. The molecular formula is C27H33ClN2O4. The fraction of sp³-hybridized carbons (Fsp3) is 0.444. The topological polar surface area (TPSA) is 66.9 Å². The van der Waals surface area contributed by atoms with E-state index in [4.69, 9.17) is 16.3 Å². The van der Waals surface area contributed by atoms with Crippen LogP contribution in [0.1, 0.15) is 55.6 Å². The number of likely N-dealkylation sites (N-methyl/N-ethyl adjacent to an activating group) is 1. The summed E-state index contributed by atoms with van der Waals surface area (Å²) in [4.78, 5) is 43.4. The molecule has 1 aliphatic heterocycles. The Labute approximate surface area is 206 Å². The summed E-state index contributed by atoms with van der Waals surface area (Å²) in [5.74, 6) is -2.01. The highest BCUT2D eigenvalue weighted by molar-refractivity contribution is 6.44. The number of benzene rings is 2. The van der Waals surface area contributed by atoms with Crippen LogP contribution in [0.15, 0.2) is 48.5 Å². The van der Waals surface area contributed by atoms with E-state index in [1.165, 1.54) is 0 Å². The first-order valence-corrected chi connectivity index (χ1v) is 12.4. The van der Waals surface area contributed by atoms with Gasteiger partial charge in [-0.3, -0.25) is 14.4 Å². The Morgan fingerprint density at radius 1 is 1.00 bits per heavy atom. The van der Waals surface area contributed by atoms with Crippen molar-refractivity contribution >= 4 is 29.1 Å². The Bertz CT molecular complexity index is 987. The number of Topliss-reactive ketones (excluding diaryl/α,β-unsaturated/α-hetero) is 2. The van der Waals surface area contributed by atoms with E-state index in [-0.39, 0.29) is 5.78 Å². The van der Waals surface area contributed by atoms with E-state index >= 15 is 0 Å². The molecule has 1 saturated heterocycles. The summed E-state index contributed by atoms with van der Waals surface area (Å²) in [6.45, 7) is 9.53. The number of carbonyl (C=O) groups is 3.